The number of halogens is 2. The van der Waals surface area contributed by atoms with Crippen LogP contribution in [0.1, 0.15) is 25.8 Å². The van der Waals surface area contributed by atoms with Crippen LogP contribution in [0.3, 0.4) is 0 Å². The Labute approximate surface area is 134 Å². The second-order valence-electron chi connectivity index (χ2n) is 5.35. The van der Waals surface area contributed by atoms with Gasteiger partial charge in [0.15, 0.2) is 0 Å². The summed E-state index contributed by atoms with van der Waals surface area (Å²) in [5.41, 5.74) is 0.561. The summed E-state index contributed by atoms with van der Waals surface area (Å²) in [6.45, 7) is 1.93. The molecule has 0 spiro atoms. The maximum absolute atomic E-state index is 11.7. The SMILES string of the molecule is COC(=O)C1(C)CC(n2nc(I)c3c(Cl)nccc32)C1. The predicted molar refractivity (Wildman–Crippen MR) is 83.6 cm³/mol. The zero-order valence-electron chi connectivity index (χ0n) is 11.1. The highest BCUT2D eigenvalue weighted by atomic mass is 127. The quantitative estimate of drug-likeness (QED) is 0.437. The van der Waals surface area contributed by atoms with Gasteiger partial charge in [0.2, 0.25) is 0 Å². The van der Waals surface area contributed by atoms with Gasteiger partial charge in [0, 0.05) is 6.20 Å². The van der Waals surface area contributed by atoms with Crippen LogP contribution in [0.25, 0.3) is 10.9 Å². The maximum atomic E-state index is 11.7. The largest absolute Gasteiger partial charge is 0.469 e. The molecule has 2 heterocycles. The summed E-state index contributed by atoms with van der Waals surface area (Å²) < 4.78 is 7.64. The molecular formula is C13H13ClIN3O2. The summed E-state index contributed by atoms with van der Waals surface area (Å²) in [4.78, 5) is 15.8. The number of carbonyl (C=O) groups excluding carboxylic acids is 1. The first-order valence-corrected chi connectivity index (χ1v) is 7.68. The van der Waals surface area contributed by atoms with E-state index in [-0.39, 0.29) is 12.0 Å². The van der Waals surface area contributed by atoms with Gasteiger partial charge in [-0.3, -0.25) is 9.48 Å². The van der Waals surface area contributed by atoms with Gasteiger partial charge in [0.1, 0.15) is 8.85 Å². The number of fused-ring (bicyclic) bond motifs is 1. The van der Waals surface area contributed by atoms with Crippen LogP contribution in [-0.2, 0) is 9.53 Å². The predicted octanol–water partition coefficient (Wildman–Crippen LogP) is 3.20. The molecule has 5 nitrogen and oxygen atoms in total. The van der Waals surface area contributed by atoms with Crippen molar-refractivity contribution in [3.05, 3.63) is 21.1 Å². The molecule has 1 aliphatic rings. The van der Waals surface area contributed by atoms with Crippen molar-refractivity contribution in [2.24, 2.45) is 5.41 Å². The Morgan fingerprint density at radius 3 is 2.95 bits per heavy atom. The molecule has 0 radical (unpaired) electrons. The average Bonchev–Trinajstić information content (AvgIpc) is 2.72. The summed E-state index contributed by atoms with van der Waals surface area (Å²) in [6, 6.07) is 2.10. The smallest absolute Gasteiger partial charge is 0.311 e. The third-order valence-electron chi connectivity index (χ3n) is 3.93. The Bertz CT molecular complexity index is 694. The van der Waals surface area contributed by atoms with E-state index in [2.05, 4.69) is 32.7 Å². The lowest BCUT2D eigenvalue weighted by Crippen LogP contribution is -2.43. The van der Waals surface area contributed by atoms with E-state index in [1.807, 2.05) is 17.7 Å². The van der Waals surface area contributed by atoms with Gasteiger partial charge in [-0.05, 0) is 48.4 Å². The third kappa shape index (κ3) is 2.00. The first-order chi connectivity index (χ1) is 9.46. The highest BCUT2D eigenvalue weighted by Gasteiger charge is 2.48. The summed E-state index contributed by atoms with van der Waals surface area (Å²) >= 11 is 8.29. The summed E-state index contributed by atoms with van der Waals surface area (Å²) in [6.07, 6.45) is 3.13. The first kappa shape index (κ1) is 14.1. The number of ether oxygens (including phenoxy) is 1. The van der Waals surface area contributed by atoms with Crippen LogP contribution in [0.2, 0.25) is 5.15 Å². The van der Waals surface area contributed by atoms with E-state index in [1.54, 1.807) is 6.20 Å². The minimum absolute atomic E-state index is 0.153. The van der Waals surface area contributed by atoms with Crippen LogP contribution in [0.5, 0.6) is 0 Å². The summed E-state index contributed by atoms with van der Waals surface area (Å²) in [5, 5.41) is 5.89. The van der Waals surface area contributed by atoms with Crippen LogP contribution < -0.4 is 0 Å². The van der Waals surface area contributed by atoms with Crippen molar-refractivity contribution in [2.45, 2.75) is 25.8 Å². The topological polar surface area (TPSA) is 57.0 Å². The van der Waals surface area contributed by atoms with Crippen LogP contribution in [0, 0.1) is 9.12 Å². The number of hydrogen-bond acceptors (Lipinski definition) is 4. The second kappa shape index (κ2) is 4.84. The number of pyridine rings is 1. The molecule has 106 valence electrons. The molecule has 2 aromatic heterocycles. The van der Waals surface area contributed by atoms with E-state index in [9.17, 15) is 4.79 Å². The molecule has 0 amide bonds. The highest BCUT2D eigenvalue weighted by Crippen LogP contribution is 2.49. The minimum atomic E-state index is -0.403. The number of hydrogen-bond donors (Lipinski definition) is 0. The Morgan fingerprint density at radius 1 is 1.60 bits per heavy atom. The van der Waals surface area contributed by atoms with E-state index >= 15 is 0 Å². The van der Waals surface area contributed by atoms with Crippen LogP contribution in [-0.4, -0.2) is 27.8 Å². The molecule has 1 fully saturated rings. The van der Waals surface area contributed by atoms with Crippen molar-refractivity contribution in [2.75, 3.05) is 7.11 Å². The molecule has 0 unspecified atom stereocenters. The van der Waals surface area contributed by atoms with Gasteiger partial charge in [-0.2, -0.15) is 5.10 Å². The number of rotatable bonds is 2. The number of esters is 1. The van der Waals surface area contributed by atoms with Crippen molar-refractivity contribution in [3.8, 4) is 0 Å². The lowest BCUT2D eigenvalue weighted by atomic mass is 9.67. The number of aromatic nitrogens is 3. The Balaban J connectivity index is 1.95. The highest BCUT2D eigenvalue weighted by molar-refractivity contribution is 14.1. The van der Waals surface area contributed by atoms with Crippen LogP contribution in [0.4, 0.5) is 0 Å². The molecular weight excluding hydrogens is 393 g/mol. The Morgan fingerprint density at radius 2 is 2.30 bits per heavy atom. The fraction of sp³-hybridized carbons (Fsp3) is 0.462. The summed E-state index contributed by atoms with van der Waals surface area (Å²) in [7, 11) is 1.43. The number of carbonyl (C=O) groups is 1. The lowest BCUT2D eigenvalue weighted by Gasteiger charge is -2.42. The standard InChI is InChI=1S/C13H13ClIN3O2/c1-13(12(19)20-2)5-7(6-13)18-8-3-4-16-10(14)9(8)11(15)17-18/h3-4,7H,5-6H2,1-2H3. The van der Waals surface area contributed by atoms with E-state index < -0.39 is 5.41 Å². The second-order valence-corrected chi connectivity index (χ2v) is 6.73. The molecule has 0 N–H and O–H groups in total. The van der Waals surface area contributed by atoms with Gasteiger partial charge in [0.25, 0.3) is 0 Å². The zero-order chi connectivity index (χ0) is 14.5. The van der Waals surface area contributed by atoms with Gasteiger partial charge in [0.05, 0.1) is 29.5 Å². The first-order valence-electron chi connectivity index (χ1n) is 6.23. The van der Waals surface area contributed by atoms with Crippen molar-refractivity contribution < 1.29 is 9.53 Å². The van der Waals surface area contributed by atoms with Crippen molar-refractivity contribution in [1.82, 2.24) is 14.8 Å². The molecule has 0 bridgehead atoms. The fourth-order valence-electron chi connectivity index (χ4n) is 2.85. The van der Waals surface area contributed by atoms with Gasteiger partial charge in [-0.1, -0.05) is 11.6 Å². The monoisotopic (exact) mass is 405 g/mol. The number of methoxy groups -OCH3 is 1. The molecule has 2 aromatic rings. The lowest BCUT2D eigenvalue weighted by molar-refractivity contribution is -0.159. The molecule has 0 aromatic carbocycles. The van der Waals surface area contributed by atoms with Gasteiger partial charge < -0.3 is 4.74 Å². The van der Waals surface area contributed by atoms with Gasteiger partial charge in [-0.15, -0.1) is 0 Å². The van der Waals surface area contributed by atoms with E-state index in [1.165, 1.54) is 7.11 Å². The molecule has 3 rings (SSSR count). The molecule has 0 atom stereocenters. The van der Waals surface area contributed by atoms with E-state index in [4.69, 9.17) is 16.3 Å². The van der Waals surface area contributed by atoms with E-state index in [0.717, 1.165) is 27.4 Å². The van der Waals surface area contributed by atoms with Crippen molar-refractivity contribution in [1.29, 1.82) is 0 Å². The molecule has 0 aliphatic heterocycles. The molecule has 1 aliphatic carbocycles. The Kier molecular flexibility index (Phi) is 3.40. The van der Waals surface area contributed by atoms with Crippen LogP contribution in [0.15, 0.2) is 12.3 Å². The van der Waals surface area contributed by atoms with Crippen molar-refractivity contribution >= 4 is 51.1 Å². The molecule has 1 saturated carbocycles. The molecule has 0 saturated heterocycles. The molecule has 7 heteroatoms. The Hall–Kier alpha value is -0.890. The normalized spacial score (nSPS) is 25.5. The zero-order valence-corrected chi connectivity index (χ0v) is 14.0. The van der Waals surface area contributed by atoms with Gasteiger partial charge >= 0.3 is 5.97 Å². The third-order valence-corrected chi connectivity index (χ3v) is 4.97. The van der Waals surface area contributed by atoms with Crippen molar-refractivity contribution in [3.63, 3.8) is 0 Å². The van der Waals surface area contributed by atoms with E-state index in [0.29, 0.717) is 5.15 Å². The van der Waals surface area contributed by atoms with Crippen LogP contribution >= 0.6 is 34.2 Å². The average molecular weight is 406 g/mol. The fourth-order valence-corrected chi connectivity index (χ4v) is 4.02. The minimum Gasteiger partial charge on any atom is -0.469 e. The van der Waals surface area contributed by atoms with Gasteiger partial charge in [-0.25, -0.2) is 4.98 Å². The maximum Gasteiger partial charge on any atom is 0.311 e. The molecule has 20 heavy (non-hydrogen) atoms. The number of nitrogens with zero attached hydrogens (tertiary/aromatic N) is 3. The summed E-state index contributed by atoms with van der Waals surface area (Å²) in [5.74, 6) is -0.153.